The molecule has 1 unspecified atom stereocenters. The molecule has 2 rings (SSSR count). The minimum Gasteiger partial charge on any atom is -0.462 e. The number of halogens is 1. The number of ether oxygens (including phenoxy) is 1. The van der Waals surface area contributed by atoms with E-state index in [0.29, 0.717) is 5.69 Å². The van der Waals surface area contributed by atoms with E-state index in [1.807, 2.05) is 11.8 Å². The van der Waals surface area contributed by atoms with Gasteiger partial charge in [0.25, 0.3) is 0 Å². The zero-order valence-electron chi connectivity index (χ0n) is 11.4. The first-order valence-corrected chi connectivity index (χ1v) is 7.87. The Morgan fingerprint density at radius 1 is 1.60 bits per heavy atom. The summed E-state index contributed by atoms with van der Waals surface area (Å²) in [5.74, 6) is 1.13. The van der Waals surface area contributed by atoms with Crippen LogP contribution >= 0.6 is 11.8 Å². The summed E-state index contributed by atoms with van der Waals surface area (Å²) in [6, 6.07) is 2.84. The summed E-state index contributed by atoms with van der Waals surface area (Å²) in [5.41, 5.74) is 6.31. The average molecular weight is 298 g/mol. The van der Waals surface area contributed by atoms with Gasteiger partial charge in [0.15, 0.2) is 0 Å². The van der Waals surface area contributed by atoms with Crippen molar-refractivity contribution >= 4 is 29.1 Å². The molecule has 1 aliphatic rings. The maximum absolute atomic E-state index is 13.9. The van der Waals surface area contributed by atoms with Crippen molar-refractivity contribution in [2.45, 2.75) is 25.8 Å². The first-order chi connectivity index (χ1) is 9.61. The molecule has 0 bridgehead atoms. The fraction of sp³-hybridized carbons (Fsp3) is 0.500. The quantitative estimate of drug-likeness (QED) is 0.661. The van der Waals surface area contributed by atoms with Crippen LogP contribution in [0, 0.1) is 5.82 Å². The van der Waals surface area contributed by atoms with E-state index in [1.165, 1.54) is 12.1 Å². The average Bonchev–Trinajstić information content (AvgIpc) is 2.43. The van der Waals surface area contributed by atoms with Crippen LogP contribution < -0.4 is 11.1 Å². The van der Waals surface area contributed by atoms with Crippen molar-refractivity contribution in [3.05, 3.63) is 23.5 Å². The van der Waals surface area contributed by atoms with Gasteiger partial charge in [0.2, 0.25) is 0 Å². The molecule has 3 N–H and O–H groups in total. The second-order valence-electron chi connectivity index (χ2n) is 4.70. The summed E-state index contributed by atoms with van der Waals surface area (Å²) < 4.78 is 18.9. The van der Waals surface area contributed by atoms with Crippen molar-refractivity contribution in [1.82, 2.24) is 0 Å². The highest BCUT2D eigenvalue weighted by Gasteiger charge is 2.19. The lowest BCUT2D eigenvalue weighted by atomic mass is 10.1. The molecule has 0 radical (unpaired) electrons. The molecule has 6 heteroatoms. The lowest BCUT2D eigenvalue weighted by Crippen LogP contribution is -2.26. The fourth-order valence-corrected chi connectivity index (χ4v) is 3.23. The fourth-order valence-electron chi connectivity index (χ4n) is 2.16. The molecule has 0 aromatic heterocycles. The van der Waals surface area contributed by atoms with Gasteiger partial charge in [-0.15, -0.1) is 0 Å². The van der Waals surface area contributed by atoms with Crippen LogP contribution in [0.1, 0.15) is 30.1 Å². The van der Waals surface area contributed by atoms with Gasteiger partial charge in [-0.2, -0.15) is 11.8 Å². The Labute approximate surface area is 122 Å². The molecule has 110 valence electrons. The standard InChI is InChI=1S/C14H19FN2O2S/c1-2-19-14(18)10-6-13(11(15)7-12(10)16)17-9-4-3-5-20-8-9/h6-7,9,17H,2-5,8,16H2,1H3. The number of rotatable bonds is 4. The van der Waals surface area contributed by atoms with Gasteiger partial charge in [-0.05, 0) is 37.7 Å². The van der Waals surface area contributed by atoms with E-state index >= 15 is 0 Å². The highest BCUT2D eigenvalue weighted by molar-refractivity contribution is 7.99. The Hall–Kier alpha value is -1.43. The van der Waals surface area contributed by atoms with Crippen molar-refractivity contribution in [2.24, 2.45) is 0 Å². The first-order valence-electron chi connectivity index (χ1n) is 6.72. The molecule has 0 aliphatic carbocycles. The SMILES string of the molecule is CCOC(=O)c1cc(NC2CCCSC2)c(F)cc1N. The van der Waals surface area contributed by atoms with Crippen LogP contribution in [-0.4, -0.2) is 30.1 Å². The van der Waals surface area contributed by atoms with E-state index in [-0.39, 0.29) is 23.9 Å². The van der Waals surface area contributed by atoms with Gasteiger partial charge in [-0.3, -0.25) is 0 Å². The third-order valence-electron chi connectivity index (χ3n) is 3.15. The van der Waals surface area contributed by atoms with Crippen LogP contribution in [0.25, 0.3) is 0 Å². The van der Waals surface area contributed by atoms with Crippen molar-refractivity contribution < 1.29 is 13.9 Å². The summed E-state index contributed by atoms with van der Waals surface area (Å²) in [6.45, 7) is 1.98. The third-order valence-corrected chi connectivity index (χ3v) is 4.37. The predicted molar refractivity (Wildman–Crippen MR) is 80.7 cm³/mol. The van der Waals surface area contributed by atoms with Crippen LogP contribution in [-0.2, 0) is 4.74 Å². The second-order valence-corrected chi connectivity index (χ2v) is 5.85. The van der Waals surface area contributed by atoms with Gasteiger partial charge < -0.3 is 15.8 Å². The number of nitrogens with two attached hydrogens (primary N) is 1. The van der Waals surface area contributed by atoms with Crippen LogP contribution in [0.3, 0.4) is 0 Å². The Kier molecular flexibility index (Phi) is 5.11. The molecule has 0 saturated carbocycles. The Balaban J connectivity index is 2.19. The number of anilines is 2. The number of hydrogen-bond acceptors (Lipinski definition) is 5. The van der Waals surface area contributed by atoms with E-state index in [9.17, 15) is 9.18 Å². The minimum absolute atomic E-state index is 0.101. The second kappa shape index (κ2) is 6.83. The minimum atomic E-state index is -0.522. The van der Waals surface area contributed by atoms with Crippen LogP contribution in [0.15, 0.2) is 12.1 Å². The van der Waals surface area contributed by atoms with Gasteiger partial charge in [0, 0.05) is 17.5 Å². The van der Waals surface area contributed by atoms with Crippen LogP contribution in [0.2, 0.25) is 0 Å². The Bertz CT molecular complexity index is 490. The highest BCUT2D eigenvalue weighted by atomic mass is 32.2. The number of carbonyl (C=O) groups is 1. The number of esters is 1. The maximum Gasteiger partial charge on any atom is 0.340 e. The van der Waals surface area contributed by atoms with Gasteiger partial charge in [0.05, 0.1) is 17.9 Å². The van der Waals surface area contributed by atoms with Gasteiger partial charge >= 0.3 is 5.97 Å². The third kappa shape index (κ3) is 3.56. The van der Waals surface area contributed by atoms with Crippen molar-refractivity contribution in [1.29, 1.82) is 0 Å². The summed E-state index contributed by atoms with van der Waals surface area (Å²) >= 11 is 1.85. The zero-order chi connectivity index (χ0) is 14.5. The molecule has 1 heterocycles. The van der Waals surface area contributed by atoms with Crippen molar-refractivity contribution in [3.8, 4) is 0 Å². The molecule has 0 spiro atoms. The summed E-state index contributed by atoms with van der Waals surface area (Å²) in [7, 11) is 0. The van der Waals surface area contributed by atoms with E-state index in [4.69, 9.17) is 10.5 Å². The zero-order valence-corrected chi connectivity index (χ0v) is 12.3. The van der Waals surface area contributed by atoms with E-state index < -0.39 is 11.8 Å². The van der Waals surface area contributed by atoms with E-state index in [1.54, 1.807) is 6.92 Å². The smallest absolute Gasteiger partial charge is 0.340 e. The lowest BCUT2D eigenvalue weighted by Gasteiger charge is -2.24. The van der Waals surface area contributed by atoms with Crippen LogP contribution in [0.5, 0.6) is 0 Å². The number of hydrogen-bond donors (Lipinski definition) is 2. The number of thioether (sulfide) groups is 1. The Morgan fingerprint density at radius 3 is 3.05 bits per heavy atom. The monoisotopic (exact) mass is 298 g/mol. The summed E-state index contributed by atoms with van der Waals surface area (Å²) in [6.07, 6.45) is 2.12. The van der Waals surface area contributed by atoms with Gasteiger partial charge in [0.1, 0.15) is 5.82 Å². The molecule has 4 nitrogen and oxygen atoms in total. The molecule has 1 aromatic carbocycles. The molecule has 1 aromatic rings. The number of carbonyl (C=O) groups excluding carboxylic acids is 1. The number of nitrogen functional groups attached to an aromatic ring is 1. The van der Waals surface area contributed by atoms with E-state index in [2.05, 4.69) is 5.32 Å². The summed E-state index contributed by atoms with van der Waals surface area (Å²) in [4.78, 5) is 11.8. The lowest BCUT2D eigenvalue weighted by molar-refractivity contribution is 0.0527. The van der Waals surface area contributed by atoms with E-state index in [0.717, 1.165) is 24.3 Å². The molecule has 1 aliphatic heterocycles. The van der Waals surface area contributed by atoms with Crippen LogP contribution in [0.4, 0.5) is 15.8 Å². The highest BCUT2D eigenvalue weighted by Crippen LogP contribution is 2.26. The van der Waals surface area contributed by atoms with Gasteiger partial charge in [-0.25, -0.2) is 9.18 Å². The largest absolute Gasteiger partial charge is 0.462 e. The van der Waals surface area contributed by atoms with Crippen molar-refractivity contribution in [2.75, 3.05) is 29.2 Å². The van der Waals surface area contributed by atoms with Gasteiger partial charge in [-0.1, -0.05) is 0 Å². The molecule has 1 atom stereocenters. The molecular weight excluding hydrogens is 279 g/mol. The number of benzene rings is 1. The topological polar surface area (TPSA) is 64.3 Å². The predicted octanol–water partition coefficient (Wildman–Crippen LogP) is 2.89. The normalized spacial score (nSPS) is 18.6. The molecule has 0 amide bonds. The van der Waals surface area contributed by atoms with Crippen molar-refractivity contribution in [3.63, 3.8) is 0 Å². The molecular formula is C14H19FN2O2S. The first kappa shape index (κ1) is 15.0. The molecule has 1 saturated heterocycles. The molecule has 1 fully saturated rings. The Morgan fingerprint density at radius 2 is 2.40 bits per heavy atom. The number of nitrogens with one attached hydrogen (secondary N) is 1. The maximum atomic E-state index is 13.9. The molecule has 20 heavy (non-hydrogen) atoms. The summed E-state index contributed by atoms with van der Waals surface area (Å²) in [5, 5.41) is 3.15.